The van der Waals surface area contributed by atoms with Crippen molar-refractivity contribution in [3.05, 3.63) is 72.0 Å². The minimum Gasteiger partial charge on any atom is -0.476 e. The Morgan fingerprint density at radius 3 is 2.64 bits per heavy atom. The third kappa shape index (κ3) is 2.81. The van der Waals surface area contributed by atoms with E-state index in [9.17, 15) is 9.90 Å². The van der Waals surface area contributed by atoms with Crippen molar-refractivity contribution in [1.82, 2.24) is 20.0 Å². The Labute approximate surface area is 147 Å². The van der Waals surface area contributed by atoms with Crippen LogP contribution in [0.3, 0.4) is 0 Å². The van der Waals surface area contributed by atoms with E-state index in [1.165, 1.54) is 22.2 Å². The standard InChI is InChI=1S/C18H12N4O2S/c23-18(24)16-11-20-21-22(16)13-6-7-14(12-4-2-1-3-5-12)15(10-13)17-19-8-9-25-17/h1-11H,(H,23,24). The second kappa shape index (κ2) is 6.29. The molecule has 0 unspecified atom stereocenters. The molecule has 2 aromatic carbocycles. The molecule has 4 rings (SSSR count). The molecule has 0 aliphatic rings. The van der Waals surface area contributed by atoms with Crippen LogP contribution in [-0.4, -0.2) is 31.1 Å². The molecular weight excluding hydrogens is 336 g/mol. The number of carbonyl (C=O) groups is 1. The van der Waals surface area contributed by atoms with Gasteiger partial charge in [0.25, 0.3) is 0 Å². The summed E-state index contributed by atoms with van der Waals surface area (Å²) in [6.07, 6.45) is 2.98. The number of aromatic carboxylic acids is 1. The number of carboxylic acid groups (broad SMARTS) is 1. The van der Waals surface area contributed by atoms with Crippen molar-refractivity contribution in [2.75, 3.05) is 0 Å². The van der Waals surface area contributed by atoms with E-state index in [-0.39, 0.29) is 5.69 Å². The average Bonchev–Trinajstić information content (AvgIpc) is 3.34. The molecular formula is C18H12N4O2S. The zero-order valence-electron chi connectivity index (χ0n) is 12.9. The summed E-state index contributed by atoms with van der Waals surface area (Å²) >= 11 is 1.53. The lowest BCUT2D eigenvalue weighted by Gasteiger charge is -2.11. The highest BCUT2D eigenvalue weighted by molar-refractivity contribution is 7.13. The summed E-state index contributed by atoms with van der Waals surface area (Å²) in [5.74, 6) is -1.08. The van der Waals surface area contributed by atoms with E-state index in [4.69, 9.17) is 0 Å². The molecule has 1 N–H and O–H groups in total. The highest BCUT2D eigenvalue weighted by atomic mass is 32.1. The number of rotatable bonds is 4. The molecule has 2 aromatic heterocycles. The first-order valence-electron chi connectivity index (χ1n) is 7.48. The van der Waals surface area contributed by atoms with Crippen LogP contribution in [0.25, 0.3) is 27.4 Å². The van der Waals surface area contributed by atoms with E-state index in [0.29, 0.717) is 5.69 Å². The maximum absolute atomic E-state index is 11.3. The molecule has 7 heteroatoms. The summed E-state index contributed by atoms with van der Waals surface area (Å²) in [7, 11) is 0. The SMILES string of the molecule is O=C(O)c1cnnn1-c1ccc(-c2ccccc2)c(-c2nccs2)c1. The quantitative estimate of drug-likeness (QED) is 0.607. The summed E-state index contributed by atoms with van der Waals surface area (Å²) in [4.78, 5) is 15.8. The number of benzene rings is 2. The van der Waals surface area contributed by atoms with Crippen molar-refractivity contribution in [3.8, 4) is 27.4 Å². The van der Waals surface area contributed by atoms with Gasteiger partial charge in [-0.1, -0.05) is 41.6 Å². The molecule has 0 fully saturated rings. The van der Waals surface area contributed by atoms with Crippen molar-refractivity contribution in [2.45, 2.75) is 0 Å². The fraction of sp³-hybridized carbons (Fsp3) is 0. The van der Waals surface area contributed by atoms with Crippen LogP contribution in [-0.2, 0) is 0 Å². The molecule has 25 heavy (non-hydrogen) atoms. The minimum absolute atomic E-state index is 0.0116. The topological polar surface area (TPSA) is 80.9 Å². The van der Waals surface area contributed by atoms with Gasteiger partial charge in [0.05, 0.1) is 11.9 Å². The molecule has 0 saturated carbocycles. The first-order valence-corrected chi connectivity index (χ1v) is 8.36. The third-order valence-corrected chi connectivity index (χ3v) is 4.57. The van der Waals surface area contributed by atoms with Gasteiger partial charge in [0.1, 0.15) is 5.01 Å². The third-order valence-electron chi connectivity index (χ3n) is 3.76. The predicted octanol–water partition coefficient (Wildman–Crippen LogP) is 3.76. The van der Waals surface area contributed by atoms with Gasteiger partial charge in [-0.15, -0.1) is 16.4 Å². The Kier molecular flexibility index (Phi) is 3.83. The Balaban J connectivity index is 1.92. The number of thiazole rings is 1. The van der Waals surface area contributed by atoms with Crippen molar-refractivity contribution in [2.24, 2.45) is 0 Å². The maximum Gasteiger partial charge on any atom is 0.356 e. The Hall–Kier alpha value is -3.32. The summed E-state index contributed by atoms with van der Waals surface area (Å²) in [6.45, 7) is 0. The highest BCUT2D eigenvalue weighted by Crippen LogP contribution is 2.34. The van der Waals surface area contributed by atoms with Crippen LogP contribution in [0.15, 0.2) is 66.3 Å². The van der Waals surface area contributed by atoms with Crippen LogP contribution in [0.1, 0.15) is 10.5 Å². The summed E-state index contributed by atoms with van der Waals surface area (Å²) in [5.41, 5.74) is 3.65. The first-order chi connectivity index (χ1) is 12.2. The molecule has 2 heterocycles. The monoisotopic (exact) mass is 348 g/mol. The van der Waals surface area contributed by atoms with Gasteiger partial charge in [-0.3, -0.25) is 0 Å². The van der Waals surface area contributed by atoms with E-state index in [0.717, 1.165) is 21.7 Å². The normalized spacial score (nSPS) is 10.7. The number of hydrogen-bond donors (Lipinski definition) is 1. The lowest BCUT2D eigenvalue weighted by atomic mass is 9.99. The smallest absolute Gasteiger partial charge is 0.356 e. The number of carboxylic acids is 1. The Morgan fingerprint density at radius 2 is 1.92 bits per heavy atom. The molecule has 0 aliphatic heterocycles. The molecule has 4 aromatic rings. The maximum atomic E-state index is 11.3. The van der Waals surface area contributed by atoms with Gasteiger partial charge >= 0.3 is 5.97 Å². The van der Waals surface area contributed by atoms with Gasteiger partial charge in [0, 0.05) is 17.1 Å². The lowest BCUT2D eigenvalue weighted by Crippen LogP contribution is -2.08. The fourth-order valence-electron chi connectivity index (χ4n) is 2.64. The van der Waals surface area contributed by atoms with Crippen molar-refractivity contribution < 1.29 is 9.90 Å². The van der Waals surface area contributed by atoms with Crippen molar-refractivity contribution in [1.29, 1.82) is 0 Å². The van der Waals surface area contributed by atoms with Crippen LogP contribution in [0.5, 0.6) is 0 Å². The van der Waals surface area contributed by atoms with Crippen molar-refractivity contribution >= 4 is 17.3 Å². The average molecular weight is 348 g/mol. The summed E-state index contributed by atoms with van der Waals surface area (Å²) < 4.78 is 1.31. The molecule has 0 radical (unpaired) electrons. The van der Waals surface area contributed by atoms with Crippen LogP contribution >= 0.6 is 11.3 Å². The molecule has 0 aliphatic carbocycles. The summed E-state index contributed by atoms with van der Waals surface area (Å²) in [5, 5.41) is 19.7. The minimum atomic E-state index is -1.08. The van der Waals surface area contributed by atoms with Gasteiger partial charge in [-0.05, 0) is 23.3 Å². The van der Waals surface area contributed by atoms with E-state index < -0.39 is 5.97 Å². The van der Waals surface area contributed by atoms with Gasteiger partial charge in [-0.25, -0.2) is 14.5 Å². The molecule has 122 valence electrons. The van der Waals surface area contributed by atoms with Gasteiger partial charge < -0.3 is 5.11 Å². The second-order valence-corrected chi connectivity index (χ2v) is 6.16. The molecule has 0 saturated heterocycles. The summed E-state index contributed by atoms with van der Waals surface area (Å²) in [6, 6.07) is 15.7. The van der Waals surface area contributed by atoms with E-state index >= 15 is 0 Å². The molecule has 0 spiro atoms. The Bertz CT molecular complexity index is 1030. The highest BCUT2D eigenvalue weighted by Gasteiger charge is 2.16. The van der Waals surface area contributed by atoms with Crippen molar-refractivity contribution in [3.63, 3.8) is 0 Å². The second-order valence-electron chi connectivity index (χ2n) is 5.27. The first kappa shape index (κ1) is 15.2. The Morgan fingerprint density at radius 1 is 1.08 bits per heavy atom. The molecule has 6 nitrogen and oxygen atoms in total. The van der Waals surface area contributed by atoms with E-state index in [1.807, 2.05) is 53.9 Å². The van der Waals surface area contributed by atoms with Crippen LogP contribution < -0.4 is 0 Å². The van der Waals surface area contributed by atoms with Crippen LogP contribution in [0.4, 0.5) is 0 Å². The van der Waals surface area contributed by atoms with Gasteiger partial charge in [0.2, 0.25) is 0 Å². The molecule has 0 amide bonds. The number of aromatic nitrogens is 4. The van der Waals surface area contributed by atoms with Crippen LogP contribution in [0, 0.1) is 0 Å². The molecule has 0 atom stereocenters. The number of nitrogens with zero attached hydrogens (tertiary/aromatic N) is 4. The van der Waals surface area contributed by atoms with Gasteiger partial charge in [-0.2, -0.15) is 0 Å². The zero-order valence-corrected chi connectivity index (χ0v) is 13.7. The van der Waals surface area contributed by atoms with E-state index in [1.54, 1.807) is 6.20 Å². The lowest BCUT2D eigenvalue weighted by molar-refractivity contribution is 0.0687. The largest absolute Gasteiger partial charge is 0.476 e. The fourth-order valence-corrected chi connectivity index (χ4v) is 3.31. The van der Waals surface area contributed by atoms with Crippen LogP contribution in [0.2, 0.25) is 0 Å². The van der Waals surface area contributed by atoms with Gasteiger partial charge in [0.15, 0.2) is 5.69 Å². The van der Waals surface area contributed by atoms with E-state index in [2.05, 4.69) is 15.3 Å². The zero-order chi connectivity index (χ0) is 17.2. The number of hydrogen-bond acceptors (Lipinski definition) is 5. The molecule has 0 bridgehead atoms. The predicted molar refractivity (Wildman–Crippen MR) is 94.9 cm³/mol.